The highest BCUT2D eigenvalue weighted by atomic mass is 19.2. The normalized spacial score (nSPS) is 12.5. The van der Waals surface area contributed by atoms with Crippen molar-refractivity contribution in [3.63, 3.8) is 0 Å². The maximum absolute atomic E-state index is 12.7. The Labute approximate surface area is 78.6 Å². The van der Waals surface area contributed by atoms with Crippen molar-refractivity contribution in [2.75, 3.05) is 0 Å². The second kappa shape index (κ2) is 3.61. The molecule has 0 bridgehead atoms. The topological polar surface area (TPSA) is 57.5 Å². The molecule has 0 aliphatic heterocycles. The molecule has 0 amide bonds. The largest absolute Gasteiger partial charge is 0.508 e. The van der Waals surface area contributed by atoms with Gasteiger partial charge in [0.15, 0.2) is 11.6 Å². The van der Waals surface area contributed by atoms with Crippen LogP contribution in [-0.4, -0.2) is 16.2 Å². The lowest BCUT2D eigenvalue weighted by molar-refractivity contribution is -0.138. The van der Waals surface area contributed by atoms with Crippen LogP contribution in [0.2, 0.25) is 0 Å². The number of aliphatic carboxylic acids is 1. The quantitative estimate of drug-likeness (QED) is 0.769. The van der Waals surface area contributed by atoms with Gasteiger partial charge >= 0.3 is 5.97 Å². The Kier molecular flexibility index (Phi) is 2.69. The van der Waals surface area contributed by atoms with Crippen molar-refractivity contribution in [1.82, 2.24) is 0 Å². The van der Waals surface area contributed by atoms with Gasteiger partial charge in [-0.05, 0) is 13.0 Å². The van der Waals surface area contributed by atoms with Crippen LogP contribution in [0, 0.1) is 11.6 Å². The molecule has 5 heteroatoms. The number of carboxylic acid groups (broad SMARTS) is 1. The molecule has 3 nitrogen and oxygen atoms in total. The Morgan fingerprint density at radius 1 is 1.36 bits per heavy atom. The fourth-order valence-electron chi connectivity index (χ4n) is 1.03. The minimum Gasteiger partial charge on any atom is -0.508 e. The average molecular weight is 202 g/mol. The first-order valence-electron chi connectivity index (χ1n) is 3.84. The molecule has 0 aliphatic carbocycles. The van der Waals surface area contributed by atoms with Gasteiger partial charge in [-0.3, -0.25) is 4.79 Å². The van der Waals surface area contributed by atoms with E-state index in [0.717, 1.165) is 0 Å². The number of aromatic hydroxyl groups is 1. The van der Waals surface area contributed by atoms with Crippen LogP contribution in [0.1, 0.15) is 18.4 Å². The second-order valence-electron chi connectivity index (χ2n) is 2.89. The second-order valence-corrected chi connectivity index (χ2v) is 2.89. The van der Waals surface area contributed by atoms with E-state index in [9.17, 15) is 13.6 Å². The summed E-state index contributed by atoms with van der Waals surface area (Å²) in [6.07, 6.45) is 0. The van der Waals surface area contributed by atoms with Crippen LogP contribution in [0.25, 0.3) is 0 Å². The van der Waals surface area contributed by atoms with Crippen molar-refractivity contribution in [2.24, 2.45) is 0 Å². The maximum Gasteiger partial charge on any atom is 0.310 e. The predicted octanol–water partition coefficient (Wildman–Crippen LogP) is 1.86. The third-order valence-electron chi connectivity index (χ3n) is 1.91. The third-order valence-corrected chi connectivity index (χ3v) is 1.91. The van der Waals surface area contributed by atoms with Gasteiger partial charge in [-0.1, -0.05) is 0 Å². The summed E-state index contributed by atoms with van der Waals surface area (Å²) >= 11 is 0. The van der Waals surface area contributed by atoms with Crippen LogP contribution in [0.5, 0.6) is 5.75 Å². The highest BCUT2D eigenvalue weighted by Crippen LogP contribution is 2.27. The van der Waals surface area contributed by atoms with Gasteiger partial charge in [0.25, 0.3) is 0 Å². The van der Waals surface area contributed by atoms with Crippen molar-refractivity contribution in [3.05, 3.63) is 29.3 Å². The zero-order chi connectivity index (χ0) is 10.9. The molecule has 0 saturated heterocycles. The zero-order valence-electron chi connectivity index (χ0n) is 7.29. The summed E-state index contributed by atoms with van der Waals surface area (Å²) in [6, 6.07) is 1.24. The molecule has 1 aromatic carbocycles. The first kappa shape index (κ1) is 10.4. The van der Waals surface area contributed by atoms with E-state index in [2.05, 4.69) is 0 Å². The molecule has 0 saturated carbocycles. The van der Waals surface area contributed by atoms with Crippen LogP contribution in [0.4, 0.5) is 8.78 Å². The van der Waals surface area contributed by atoms with Crippen molar-refractivity contribution >= 4 is 5.97 Å². The fraction of sp³-hybridized carbons (Fsp3) is 0.222. The Balaban J connectivity index is 3.22. The molecule has 1 aromatic rings. The molecule has 0 spiro atoms. The first-order chi connectivity index (χ1) is 6.43. The molecule has 0 radical (unpaired) electrons. The van der Waals surface area contributed by atoms with Gasteiger partial charge in [-0.2, -0.15) is 0 Å². The summed E-state index contributed by atoms with van der Waals surface area (Å²) in [6.45, 7) is 1.27. The van der Waals surface area contributed by atoms with Crippen molar-refractivity contribution in [3.8, 4) is 5.75 Å². The van der Waals surface area contributed by atoms with E-state index >= 15 is 0 Å². The van der Waals surface area contributed by atoms with E-state index in [-0.39, 0.29) is 5.56 Å². The zero-order valence-corrected chi connectivity index (χ0v) is 7.29. The molecular weight excluding hydrogens is 194 g/mol. The Hall–Kier alpha value is -1.65. The van der Waals surface area contributed by atoms with Crippen molar-refractivity contribution in [1.29, 1.82) is 0 Å². The highest BCUT2D eigenvalue weighted by Gasteiger charge is 2.19. The van der Waals surface area contributed by atoms with E-state index in [1.165, 1.54) is 6.92 Å². The lowest BCUT2D eigenvalue weighted by Gasteiger charge is -2.09. The minimum atomic E-state index is -1.22. The summed E-state index contributed by atoms with van der Waals surface area (Å²) in [4.78, 5) is 10.5. The lowest BCUT2D eigenvalue weighted by atomic mass is 10.0. The lowest BCUT2D eigenvalue weighted by Crippen LogP contribution is -2.08. The summed E-state index contributed by atoms with van der Waals surface area (Å²) < 4.78 is 25.2. The monoisotopic (exact) mass is 202 g/mol. The number of phenolic OH excluding ortho intramolecular Hbond substituents is 1. The summed E-state index contributed by atoms with van der Waals surface area (Å²) in [5.74, 6) is -5.23. The van der Waals surface area contributed by atoms with Gasteiger partial charge in [-0.25, -0.2) is 8.78 Å². The standard InChI is InChI=1S/C9H8F2O3/c1-4(9(13)14)5-2-6(10)7(11)3-8(5)12/h2-4,12H,1H3,(H,13,14). The summed E-state index contributed by atoms with van der Waals surface area (Å²) in [5.41, 5.74) is -0.142. The van der Waals surface area contributed by atoms with Gasteiger partial charge in [0.1, 0.15) is 5.75 Å². The summed E-state index contributed by atoms with van der Waals surface area (Å²) in [5, 5.41) is 17.8. The van der Waals surface area contributed by atoms with Gasteiger partial charge in [-0.15, -0.1) is 0 Å². The molecule has 0 aliphatic rings. The number of rotatable bonds is 2. The smallest absolute Gasteiger partial charge is 0.310 e. The molecule has 0 heterocycles. The Morgan fingerprint density at radius 3 is 2.36 bits per heavy atom. The molecule has 1 rings (SSSR count). The van der Waals surface area contributed by atoms with Gasteiger partial charge < -0.3 is 10.2 Å². The predicted molar refractivity (Wildman–Crippen MR) is 44.1 cm³/mol. The first-order valence-corrected chi connectivity index (χ1v) is 3.84. The average Bonchev–Trinajstić information content (AvgIpc) is 2.10. The number of benzene rings is 1. The number of hydrogen-bond donors (Lipinski definition) is 2. The number of carboxylic acids is 1. The molecule has 76 valence electrons. The van der Waals surface area contributed by atoms with Crippen LogP contribution in [-0.2, 0) is 4.79 Å². The van der Waals surface area contributed by atoms with E-state index in [1.807, 2.05) is 0 Å². The molecule has 14 heavy (non-hydrogen) atoms. The van der Waals surface area contributed by atoms with Crippen LogP contribution >= 0.6 is 0 Å². The molecule has 1 atom stereocenters. The number of halogens is 2. The minimum absolute atomic E-state index is 0.142. The number of phenols is 1. The van der Waals surface area contributed by atoms with Crippen molar-refractivity contribution < 1.29 is 23.8 Å². The Bertz CT molecular complexity index is 377. The van der Waals surface area contributed by atoms with E-state index in [0.29, 0.717) is 12.1 Å². The maximum atomic E-state index is 12.7. The van der Waals surface area contributed by atoms with Crippen LogP contribution in [0.3, 0.4) is 0 Å². The van der Waals surface area contributed by atoms with Crippen LogP contribution < -0.4 is 0 Å². The molecule has 2 N–H and O–H groups in total. The number of carbonyl (C=O) groups is 1. The van der Waals surface area contributed by atoms with Gasteiger partial charge in [0.2, 0.25) is 0 Å². The fourth-order valence-corrected chi connectivity index (χ4v) is 1.03. The third kappa shape index (κ3) is 1.81. The van der Waals surface area contributed by atoms with E-state index in [1.54, 1.807) is 0 Å². The van der Waals surface area contributed by atoms with Crippen molar-refractivity contribution in [2.45, 2.75) is 12.8 Å². The number of hydrogen-bond acceptors (Lipinski definition) is 2. The Morgan fingerprint density at radius 2 is 1.86 bits per heavy atom. The summed E-state index contributed by atoms with van der Waals surface area (Å²) in [7, 11) is 0. The van der Waals surface area contributed by atoms with E-state index in [4.69, 9.17) is 10.2 Å². The SMILES string of the molecule is CC(C(=O)O)c1cc(F)c(F)cc1O. The molecule has 1 unspecified atom stereocenters. The molecule has 0 fully saturated rings. The highest BCUT2D eigenvalue weighted by molar-refractivity contribution is 5.76. The van der Waals surface area contributed by atoms with Gasteiger partial charge in [0, 0.05) is 11.6 Å². The van der Waals surface area contributed by atoms with Crippen LogP contribution in [0.15, 0.2) is 12.1 Å². The molecule has 0 aromatic heterocycles. The molecular formula is C9H8F2O3. The van der Waals surface area contributed by atoms with Gasteiger partial charge in [0.05, 0.1) is 5.92 Å². The van der Waals surface area contributed by atoms with E-state index < -0.39 is 29.3 Å².